The maximum atomic E-state index is 12.2. The highest BCUT2D eigenvalue weighted by atomic mass is 32.2. The lowest BCUT2D eigenvalue weighted by atomic mass is 10.2. The Labute approximate surface area is 103 Å². The van der Waals surface area contributed by atoms with Crippen LogP contribution >= 0.6 is 11.3 Å². The first-order valence-electron chi connectivity index (χ1n) is 5.02. The van der Waals surface area contributed by atoms with Gasteiger partial charge in [-0.1, -0.05) is 6.07 Å². The van der Waals surface area contributed by atoms with Crippen LogP contribution in [0.1, 0.15) is 0 Å². The van der Waals surface area contributed by atoms with Crippen LogP contribution in [0.3, 0.4) is 0 Å². The molecule has 0 aliphatic carbocycles. The number of thiophene rings is 1. The standard InChI is InChI=1S/C9H12N2O4S2/c12-9(13)7-6-10-3-4-11(7)17(14,15)8-2-1-5-16-8/h1-2,5,7,10H,3-4,6H2,(H,12,13). The van der Waals surface area contributed by atoms with Crippen molar-refractivity contribution >= 4 is 27.3 Å². The number of hydrogen-bond donors (Lipinski definition) is 2. The molecule has 2 heterocycles. The normalized spacial score (nSPS) is 22.5. The van der Waals surface area contributed by atoms with E-state index in [4.69, 9.17) is 5.11 Å². The number of carboxylic acids is 1. The summed E-state index contributed by atoms with van der Waals surface area (Å²) in [6, 6.07) is 2.09. The van der Waals surface area contributed by atoms with E-state index in [2.05, 4.69) is 5.32 Å². The van der Waals surface area contributed by atoms with Crippen molar-refractivity contribution in [2.75, 3.05) is 19.6 Å². The molecular weight excluding hydrogens is 264 g/mol. The molecule has 8 heteroatoms. The van der Waals surface area contributed by atoms with Crippen LogP contribution in [0.5, 0.6) is 0 Å². The molecule has 17 heavy (non-hydrogen) atoms. The van der Waals surface area contributed by atoms with Gasteiger partial charge in [-0.15, -0.1) is 11.3 Å². The van der Waals surface area contributed by atoms with E-state index in [9.17, 15) is 13.2 Å². The minimum atomic E-state index is -3.68. The number of carboxylic acid groups (broad SMARTS) is 1. The molecule has 0 spiro atoms. The fourth-order valence-electron chi connectivity index (χ4n) is 1.71. The summed E-state index contributed by atoms with van der Waals surface area (Å²) in [4.78, 5) is 11.0. The first-order chi connectivity index (χ1) is 8.03. The van der Waals surface area contributed by atoms with Crippen LogP contribution in [0, 0.1) is 0 Å². The van der Waals surface area contributed by atoms with Crippen LogP contribution in [-0.4, -0.2) is 49.5 Å². The van der Waals surface area contributed by atoms with Crippen molar-refractivity contribution in [1.82, 2.24) is 9.62 Å². The van der Waals surface area contributed by atoms with Crippen molar-refractivity contribution in [3.05, 3.63) is 17.5 Å². The highest BCUT2D eigenvalue weighted by Gasteiger charge is 2.37. The molecule has 6 nitrogen and oxygen atoms in total. The number of nitrogens with zero attached hydrogens (tertiary/aromatic N) is 1. The molecule has 1 aliphatic rings. The molecule has 1 aromatic rings. The number of hydrogen-bond acceptors (Lipinski definition) is 5. The summed E-state index contributed by atoms with van der Waals surface area (Å²) in [7, 11) is -3.68. The summed E-state index contributed by atoms with van der Waals surface area (Å²) in [6.45, 7) is 0.783. The summed E-state index contributed by atoms with van der Waals surface area (Å²) >= 11 is 1.09. The van der Waals surface area contributed by atoms with Gasteiger partial charge in [0.05, 0.1) is 0 Å². The van der Waals surface area contributed by atoms with Crippen LogP contribution in [-0.2, 0) is 14.8 Å². The molecule has 0 aromatic carbocycles. The smallest absolute Gasteiger partial charge is 0.323 e. The number of aliphatic carboxylic acids is 1. The Balaban J connectivity index is 2.34. The fraction of sp³-hybridized carbons (Fsp3) is 0.444. The first kappa shape index (κ1) is 12.5. The molecule has 1 atom stereocenters. The number of piperazine rings is 1. The van der Waals surface area contributed by atoms with E-state index in [1.54, 1.807) is 11.4 Å². The SMILES string of the molecule is O=C(O)C1CNCCN1S(=O)(=O)c1cccs1. The topological polar surface area (TPSA) is 86.7 Å². The van der Waals surface area contributed by atoms with E-state index in [0.29, 0.717) is 6.54 Å². The number of rotatable bonds is 3. The largest absolute Gasteiger partial charge is 0.480 e. The summed E-state index contributed by atoms with van der Waals surface area (Å²) in [5, 5.41) is 13.6. The molecule has 2 rings (SSSR count). The molecule has 0 saturated carbocycles. The zero-order chi connectivity index (χ0) is 12.5. The van der Waals surface area contributed by atoms with Crippen LogP contribution < -0.4 is 5.32 Å². The van der Waals surface area contributed by atoms with E-state index >= 15 is 0 Å². The van der Waals surface area contributed by atoms with Gasteiger partial charge in [-0.25, -0.2) is 8.42 Å². The van der Waals surface area contributed by atoms with E-state index < -0.39 is 22.0 Å². The van der Waals surface area contributed by atoms with Gasteiger partial charge in [-0.05, 0) is 11.4 Å². The maximum Gasteiger partial charge on any atom is 0.323 e. The number of carbonyl (C=O) groups is 1. The molecule has 1 aromatic heterocycles. The molecule has 0 amide bonds. The lowest BCUT2D eigenvalue weighted by Gasteiger charge is -2.31. The van der Waals surface area contributed by atoms with E-state index in [1.807, 2.05) is 0 Å². The van der Waals surface area contributed by atoms with Crippen LogP contribution in [0.2, 0.25) is 0 Å². The molecule has 94 valence electrons. The minimum absolute atomic E-state index is 0.139. The Morgan fingerprint density at radius 1 is 1.59 bits per heavy atom. The molecule has 0 bridgehead atoms. The Hall–Kier alpha value is -0.960. The first-order valence-corrected chi connectivity index (χ1v) is 7.34. The van der Waals surface area contributed by atoms with Gasteiger partial charge >= 0.3 is 5.97 Å². The maximum absolute atomic E-state index is 12.2. The lowest BCUT2D eigenvalue weighted by Crippen LogP contribution is -2.56. The monoisotopic (exact) mass is 276 g/mol. The van der Waals surface area contributed by atoms with Crippen LogP contribution in [0.25, 0.3) is 0 Å². The summed E-state index contributed by atoms with van der Waals surface area (Å²) in [5.74, 6) is -1.13. The van der Waals surface area contributed by atoms with Crippen LogP contribution in [0.15, 0.2) is 21.7 Å². The lowest BCUT2D eigenvalue weighted by molar-refractivity contribution is -0.141. The van der Waals surface area contributed by atoms with Gasteiger partial charge in [-0.3, -0.25) is 4.79 Å². The molecule has 1 unspecified atom stereocenters. The van der Waals surface area contributed by atoms with Crippen molar-refractivity contribution in [3.63, 3.8) is 0 Å². The van der Waals surface area contributed by atoms with Gasteiger partial charge in [-0.2, -0.15) is 4.31 Å². The quantitative estimate of drug-likeness (QED) is 0.798. The molecule has 1 fully saturated rings. The second-order valence-electron chi connectivity index (χ2n) is 3.61. The number of nitrogens with one attached hydrogen (secondary N) is 1. The Morgan fingerprint density at radius 3 is 2.94 bits per heavy atom. The predicted molar refractivity (Wildman–Crippen MR) is 62.5 cm³/mol. The zero-order valence-corrected chi connectivity index (χ0v) is 10.5. The molecule has 2 N–H and O–H groups in total. The van der Waals surface area contributed by atoms with Crippen LogP contribution in [0.4, 0.5) is 0 Å². The zero-order valence-electron chi connectivity index (χ0n) is 8.87. The molecule has 1 aliphatic heterocycles. The molecule has 1 saturated heterocycles. The number of sulfonamides is 1. The van der Waals surface area contributed by atoms with E-state index in [0.717, 1.165) is 15.6 Å². The van der Waals surface area contributed by atoms with Gasteiger partial charge in [0.25, 0.3) is 10.0 Å². The van der Waals surface area contributed by atoms with Crippen molar-refractivity contribution in [2.24, 2.45) is 0 Å². The Morgan fingerprint density at radius 2 is 2.35 bits per heavy atom. The van der Waals surface area contributed by atoms with Gasteiger partial charge < -0.3 is 10.4 Å². The van der Waals surface area contributed by atoms with Crippen molar-refractivity contribution in [2.45, 2.75) is 10.3 Å². The fourth-order valence-corrected chi connectivity index (χ4v) is 4.41. The third-order valence-corrected chi connectivity index (χ3v) is 5.82. The van der Waals surface area contributed by atoms with Gasteiger partial charge in [0.2, 0.25) is 0 Å². The highest BCUT2D eigenvalue weighted by Crippen LogP contribution is 2.23. The second kappa shape index (κ2) is 4.73. The second-order valence-corrected chi connectivity index (χ2v) is 6.67. The Bertz CT molecular complexity index is 497. The van der Waals surface area contributed by atoms with E-state index in [-0.39, 0.29) is 17.3 Å². The highest BCUT2D eigenvalue weighted by molar-refractivity contribution is 7.91. The van der Waals surface area contributed by atoms with Crippen molar-refractivity contribution in [3.8, 4) is 0 Å². The average Bonchev–Trinajstić information content (AvgIpc) is 2.83. The summed E-state index contributed by atoms with van der Waals surface area (Å²) in [6.07, 6.45) is 0. The molecule has 0 radical (unpaired) electrons. The summed E-state index contributed by atoms with van der Waals surface area (Å²) < 4.78 is 25.7. The minimum Gasteiger partial charge on any atom is -0.480 e. The van der Waals surface area contributed by atoms with Crippen molar-refractivity contribution < 1.29 is 18.3 Å². The van der Waals surface area contributed by atoms with Gasteiger partial charge in [0.15, 0.2) is 0 Å². The molecular formula is C9H12N2O4S2. The van der Waals surface area contributed by atoms with Crippen molar-refractivity contribution in [1.29, 1.82) is 0 Å². The van der Waals surface area contributed by atoms with Gasteiger partial charge in [0, 0.05) is 19.6 Å². The Kier molecular flexibility index (Phi) is 3.48. The van der Waals surface area contributed by atoms with E-state index in [1.165, 1.54) is 6.07 Å². The third kappa shape index (κ3) is 2.34. The van der Waals surface area contributed by atoms with Gasteiger partial charge in [0.1, 0.15) is 10.3 Å². The summed E-state index contributed by atoms with van der Waals surface area (Å²) in [5.41, 5.74) is 0. The third-order valence-electron chi connectivity index (χ3n) is 2.54. The average molecular weight is 276 g/mol. The predicted octanol–water partition coefficient (Wildman–Crippen LogP) is -0.205.